The van der Waals surface area contributed by atoms with Gasteiger partial charge in [-0.2, -0.15) is 4.68 Å². The number of fused-ring (bicyclic) bond motifs is 1. The molecule has 1 aliphatic heterocycles. The lowest BCUT2D eigenvalue weighted by Gasteiger charge is -2.22. The van der Waals surface area contributed by atoms with Crippen LogP contribution >= 0.6 is 22.6 Å². The molecule has 1 aromatic carbocycles. The molecule has 0 fully saturated rings. The molecule has 0 spiro atoms. The molecule has 0 radical (unpaired) electrons. The second-order valence-electron chi connectivity index (χ2n) is 5.55. The van der Waals surface area contributed by atoms with E-state index in [1.165, 1.54) is 11.1 Å². The minimum atomic E-state index is 0.127. The Balaban J connectivity index is 1.67. The predicted octanol–water partition coefficient (Wildman–Crippen LogP) is 2.74. The van der Waals surface area contributed by atoms with Crippen LogP contribution in [0.2, 0.25) is 0 Å². The molecule has 4 rings (SSSR count). The third kappa shape index (κ3) is 2.74. The first-order valence-electron chi connectivity index (χ1n) is 7.43. The van der Waals surface area contributed by atoms with Crippen molar-refractivity contribution in [2.75, 3.05) is 0 Å². The molecular weight excluding hydrogens is 403 g/mol. The third-order valence-corrected chi connectivity index (χ3v) is 4.59. The van der Waals surface area contributed by atoms with Crippen LogP contribution in [0.4, 0.5) is 0 Å². The van der Waals surface area contributed by atoms with Crippen LogP contribution in [0.3, 0.4) is 0 Å². The monoisotopic (exact) mass is 418 g/mol. The SMILES string of the molecule is CC(c1nc(I)nn1-c1ncccn1)N1Cc2ccccc2C1. The minimum absolute atomic E-state index is 0.127. The maximum Gasteiger partial charge on any atom is 0.252 e. The molecule has 1 aliphatic rings. The highest BCUT2D eigenvalue weighted by Crippen LogP contribution is 2.30. The van der Waals surface area contributed by atoms with Gasteiger partial charge in [0.1, 0.15) is 0 Å². The Morgan fingerprint density at radius 1 is 1.04 bits per heavy atom. The lowest BCUT2D eigenvalue weighted by Crippen LogP contribution is -2.24. The highest BCUT2D eigenvalue weighted by Gasteiger charge is 2.28. The van der Waals surface area contributed by atoms with E-state index in [0.717, 1.165) is 18.9 Å². The Morgan fingerprint density at radius 2 is 1.70 bits per heavy atom. The van der Waals surface area contributed by atoms with Crippen LogP contribution in [0.25, 0.3) is 5.95 Å². The van der Waals surface area contributed by atoms with Gasteiger partial charge in [-0.05, 0) is 24.1 Å². The molecule has 116 valence electrons. The van der Waals surface area contributed by atoms with Gasteiger partial charge in [0.25, 0.3) is 5.95 Å². The van der Waals surface area contributed by atoms with Crippen molar-refractivity contribution in [3.63, 3.8) is 0 Å². The average molecular weight is 418 g/mol. The highest BCUT2D eigenvalue weighted by atomic mass is 127. The van der Waals surface area contributed by atoms with E-state index in [4.69, 9.17) is 0 Å². The fourth-order valence-electron chi connectivity index (χ4n) is 2.91. The quantitative estimate of drug-likeness (QED) is 0.613. The van der Waals surface area contributed by atoms with Gasteiger partial charge in [-0.15, -0.1) is 5.10 Å². The van der Waals surface area contributed by atoms with Crippen molar-refractivity contribution >= 4 is 22.6 Å². The molecule has 0 N–H and O–H groups in total. The fraction of sp³-hybridized carbons (Fsp3) is 0.250. The van der Waals surface area contributed by atoms with Crippen LogP contribution in [0.15, 0.2) is 42.7 Å². The molecule has 0 saturated carbocycles. The zero-order valence-corrected chi connectivity index (χ0v) is 14.8. The molecule has 3 aromatic rings. The second kappa shape index (κ2) is 5.97. The fourth-order valence-corrected chi connectivity index (χ4v) is 3.38. The van der Waals surface area contributed by atoms with E-state index in [9.17, 15) is 0 Å². The lowest BCUT2D eigenvalue weighted by molar-refractivity contribution is 0.204. The van der Waals surface area contributed by atoms with Gasteiger partial charge in [-0.25, -0.2) is 15.0 Å². The van der Waals surface area contributed by atoms with E-state index in [2.05, 4.69) is 78.7 Å². The van der Waals surface area contributed by atoms with Gasteiger partial charge < -0.3 is 0 Å². The van der Waals surface area contributed by atoms with Crippen LogP contribution in [-0.2, 0) is 13.1 Å². The molecule has 0 amide bonds. The van der Waals surface area contributed by atoms with Gasteiger partial charge in [-0.3, -0.25) is 4.90 Å². The van der Waals surface area contributed by atoms with E-state index in [1.54, 1.807) is 23.1 Å². The first-order chi connectivity index (χ1) is 11.2. The topological polar surface area (TPSA) is 59.7 Å². The number of hydrogen-bond donors (Lipinski definition) is 0. The van der Waals surface area contributed by atoms with Crippen LogP contribution in [-0.4, -0.2) is 29.6 Å². The molecule has 2 aromatic heterocycles. The molecule has 0 bridgehead atoms. The average Bonchev–Trinajstić information content (AvgIpc) is 3.18. The van der Waals surface area contributed by atoms with Gasteiger partial charge in [0.05, 0.1) is 6.04 Å². The Kier molecular flexibility index (Phi) is 3.82. The number of nitrogens with zero attached hydrogens (tertiary/aromatic N) is 6. The Morgan fingerprint density at radius 3 is 2.35 bits per heavy atom. The summed E-state index contributed by atoms with van der Waals surface area (Å²) >= 11 is 2.13. The summed E-state index contributed by atoms with van der Waals surface area (Å²) in [4.78, 5) is 15.6. The smallest absolute Gasteiger partial charge is 0.252 e. The van der Waals surface area contributed by atoms with E-state index in [0.29, 0.717) is 9.78 Å². The molecule has 7 heteroatoms. The van der Waals surface area contributed by atoms with Crippen LogP contribution in [0.1, 0.15) is 29.9 Å². The van der Waals surface area contributed by atoms with Crippen molar-refractivity contribution in [2.24, 2.45) is 0 Å². The van der Waals surface area contributed by atoms with Crippen molar-refractivity contribution in [2.45, 2.75) is 26.1 Å². The van der Waals surface area contributed by atoms with E-state index < -0.39 is 0 Å². The summed E-state index contributed by atoms with van der Waals surface area (Å²) < 4.78 is 2.45. The molecule has 23 heavy (non-hydrogen) atoms. The third-order valence-electron chi connectivity index (χ3n) is 4.13. The van der Waals surface area contributed by atoms with Crippen LogP contribution < -0.4 is 0 Å². The molecule has 1 atom stereocenters. The molecule has 3 heterocycles. The number of halogens is 1. The summed E-state index contributed by atoms with van der Waals surface area (Å²) in [6.45, 7) is 4.01. The molecule has 1 unspecified atom stereocenters. The summed E-state index contributed by atoms with van der Waals surface area (Å²) in [5, 5.41) is 4.46. The standard InChI is InChI=1S/C16H15IN6/c1-11(22-9-12-5-2-3-6-13(12)10-22)14-20-15(17)21-23(14)16-18-7-4-8-19-16/h2-8,11H,9-10H2,1H3. The molecule has 6 nitrogen and oxygen atoms in total. The van der Waals surface area contributed by atoms with Crippen LogP contribution in [0, 0.1) is 3.83 Å². The van der Waals surface area contributed by atoms with E-state index in [-0.39, 0.29) is 6.04 Å². The first kappa shape index (κ1) is 14.7. The summed E-state index contributed by atoms with van der Waals surface area (Å²) in [6, 6.07) is 10.5. The minimum Gasteiger partial charge on any atom is -0.285 e. The number of aromatic nitrogens is 5. The van der Waals surface area contributed by atoms with Gasteiger partial charge in [0.15, 0.2) is 5.82 Å². The van der Waals surface area contributed by atoms with E-state index >= 15 is 0 Å². The summed E-state index contributed by atoms with van der Waals surface area (Å²) in [7, 11) is 0. The zero-order chi connectivity index (χ0) is 15.8. The largest absolute Gasteiger partial charge is 0.285 e. The van der Waals surface area contributed by atoms with Gasteiger partial charge in [0.2, 0.25) is 3.83 Å². The normalized spacial score (nSPS) is 15.6. The predicted molar refractivity (Wildman–Crippen MR) is 93.8 cm³/mol. The van der Waals surface area contributed by atoms with E-state index in [1.807, 2.05) is 0 Å². The van der Waals surface area contributed by atoms with Gasteiger partial charge >= 0.3 is 0 Å². The number of rotatable bonds is 3. The summed E-state index contributed by atoms with van der Waals surface area (Å²) in [5.41, 5.74) is 2.77. The van der Waals surface area contributed by atoms with Crippen LogP contribution in [0.5, 0.6) is 0 Å². The van der Waals surface area contributed by atoms with Gasteiger partial charge in [0, 0.05) is 48.1 Å². The Hall–Kier alpha value is -1.87. The van der Waals surface area contributed by atoms with Crippen molar-refractivity contribution in [1.82, 2.24) is 29.6 Å². The highest BCUT2D eigenvalue weighted by molar-refractivity contribution is 14.1. The molecule has 0 saturated heterocycles. The van der Waals surface area contributed by atoms with Crippen molar-refractivity contribution in [3.05, 3.63) is 63.5 Å². The number of benzene rings is 1. The maximum absolute atomic E-state index is 4.61. The Bertz CT molecular complexity index is 807. The lowest BCUT2D eigenvalue weighted by atomic mass is 10.1. The van der Waals surface area contributed by atoms with Crippen molar-refractivity contribution in [1.29, 1.82) is 0 Å². The van der Waals surface area contributed by atoms with Gasteiger partial charge in [-0.1, -0.05) is 24.3 Å². The molecular formula is C16H15IN6. The van der Waals surface area contributed by atoms with Crippen molar-refractivity contribution < 1.29 is 0 Å². The Labute approximate surface area is 147 Å². The summed E-state index contributed by atoms with van der Waals surface area (Å²) in [5.74, 6) is 1.43. The zero-order valence-electron chi connectivity index (χ0n) is 12.6. The number of hydrogen-bond acceptors (Lipinski definition) is 5. The molecule has 0 aliphatic carbocycles. The maximum atomic E-state index is 4.61. The first-order valence-corrected chi connectivity index (χ1v) is 8.51. The second-order valence-corrected chi connectivity index (χ2v) is 6.51. The van der Waals surface area contributed by atoms with Crippen molar-refractivity contribution in [3.8, 4) is 5.95 Å². The summed E-state index contributed by atoms with van der Waals surface area (Å²) in [6.07, 6.45) is 3.44.